The monoisotopic (exact) mass is 556 g/mol. The lowest BCUT2D eigenvalue weighted by Gasteiger charge is -2.16. The molecule has 0 fully saturated rings. The summed E-state index contributed by atoms with van der Waals surface area (Å²) in [5, 5.41) is 21.3. The van der Waals surface area contributed by atoms with Gasteiger partial charge in [-0.2, -0.15) is 10.5 Å². The van der Waals surface area contributed by atoms with Crippen LogP contribution in [-0.2, 0) is 0 Å². The fraction of sp³-hybridized carbons (Fsp3) is 0. The molecule has 1 aliphatic rings. The molecular formula is C42H24N2. The maximum Gasteiger partial charge on any atom is 0.0991 e. The van der Waals surface area contributed by atoms with Crippen LogP contribution in [0.25, 0.3) is 77.5 Å². The summed E-state index contributed by atoms with van der Waals surface area (Å²) in [6.07, 6.45) is 0. The summed E-state index contributed by atoms with van der Waals surface area (Å²) in [6, 6.07) is 55.1. The number of hydrogen-bond acceptors (Lipinski definition) is 2. The summed E-state index contributed by atoms with van der Waals surface area (Å²) in [5.74, 6) is 0. The van der Waals surface area contributed by atoms with Crippen molar-refractivity contribution >= 4 is 10.8 Å². The Kier molecular flexibility index (Phi) is 5.94. The van der Waals surface area contributed by atoms with Gasteiger partial charge in [0.1, 0.15) is 0 Å². The molecule has 0 atom stereocenters. The standard InChI is InChI=1S/C42H24N2/c43-25-27-5-1-9-34(23-27)29-13-17-31(18-14-29)36-21-22-37(32-19-15-30(16-20-32)35-10-2-6-28(24-35)26-44)42-39-12-4-8-33-7-3-11-38(40(33)39)41(36)42/h1-24H. The van der Waals surface area contributed by atoms with Crippen molar-refractivity contribution in [2.45, 2.75) is 0 Å². The summed E-state index contributed by atoms with van der Waals surface area (Å²) in [5.41, 5.74) is 15.4. The SMILES string of the molecule is N#Cc1cccc(-c2ccc(-c3ccc(-c4ccc(-c5cccc(C#N)c5)cc4)c4c3-c3cccc5cccc-4c35)cc2)c1. The topological polar surface area (TPSA) is 47.6 Å². The highest BCUT2D eigenvalue weighted by Gasteiger charge is 2.27. The van der Waals surface area contributed by atoms with Crippen molar-refractivity contribution in [2.75, 3.05) is 0 Å². The number of benzene rings is 7. The molecule has 44 heavy (non-hydrogen) atoms. The quantitative estimate of drug-likeness (QED) is 0.216. The fourth-order valence-electron chi connectivity index (χ4n) is 6.62. The van der Waals surface area contributed by atoms with E-state index >= 15 is 0 Å². The molecule has 8 rings (SSSR count). The van der Waals surface area contributed by atoms with Crippen molar-refractivity contribution < 1.29 is 0 Å². The molecule has 2 nitrogen and oxygen atoms in total. The Morgan fingerprint density at radius 2 is 0.750 bits per heavy atom. The molecule has 0 N–H and O–H groups in total. The molecule has 0 heterocycles. The van der Waals surface area contributed by atoms with Crippen molar-refractivity contribution in [1.82, 2.24) is 0 Å². The van der Waals surface area contributed by atoms with Gasteiger partial charge in [-0.1, -0.05) is 121 Å². The van der Waals surface area contributed by atoms with Crippen LogP contribution in [0, 0.1) is 22.7 Å². The Morgan fingerprint density at radius 1 is 0.341 bits per heavy atom. The molecule has 0 aromatic heterocycles. The van der Waals surface area contributed by atoms with E-state index in [-0.39, 0.29) is 0 Å². The van der Waals surface area contributed by atoms with Crippen LogP contribution in [0.2, 0.25) is 0 Å². The smallest absolute Gasteiger partial charge is 0.0991 e. The van der Waals surface area contributed by atoms with Gasteiger partial charge in [0.05, 0.1) is 23.3 Å². The third kappa shape index (κ3) is 4.10. The molecule has 0 amide bonds. The van der Waals surface area contributed by atoms with E-state index in [0.717, 1.165) is 33.4 Å². The zero-order chi connectivity index (χ0) is 29.6. The van der Waals surface area contributed by atoms with Gasteiger partial charge < -0.3 is 0 Å². The summed E-state index contributed by atoms with van der Waals surface area (Å²) in [7, 11) is 0. The summed E-state index contributed by atoms with van der Waals surface area (Å²) in [6.45, 7) is 0. The highest BCUT2D eigenvalue weighted by molar-refractivity contribution is 6.21. The average Bonchev–Trinajstić information content (AvgIpc) is 3.44. The normalized spacial score (nSPS) is 11.1. The molecule has 0 saturated carbocycles. The maximum atomic E-state index is 9.36. The first-order valence-electron chi connectivity index (χ1n) is 14.6. The summed E-state index contributed by atoms with van der Waals surface area (Å²) < 4.78 is 0. The Balaban J connectivity index is 1.28. The molecule has 7 aromatic rings. The molecule has 2 heteroatoms. The van der Waals surface area contributed by atoms with E-state index in [2.05, 4.69) is 109 Å². The van der Waals surface area contributed by atoms with Crippen LogP contribution in [0.1, 0.15) is 11.1 Å². The maximum absolute atomic E-state index is 9.36. The van der Waals surface area contributed by atoms with E-state index in [0.29, 0.717) is 11.1 Å². The van der Waals surface area contributed by atoms with Gasteiger partial charge in [-0.3, -0.25) is 0 Å². The molecule has 7 aromatic carbocycles. The van der Waals surface area contributed by atoms with Crippen molar-refractivity contribution in [1.29, 1.82) is 10.5 Å². The van der Waals surface area contributed by atoms with Crippen LogP contribution in [0.15, 0.2) is 146 Å². The van der Waals surface area contributed by atoms with Gasteiger partial charge in [0.2, 0.25) is 0 Å². The van der Waals surface area contributed by atoms with Gasteiger partial charge in [-0.25, -0.2) is 0 Å². The predicted molar refractivity (Wildman–Crippen MR) is 180 cm³/mol. The van der Waals surface area contributed by atoms with Gasteiger partial charge in [-0.05, 0) is 102 Å². The van der Waals surface area contributed by atoms with Crippen molar-refractivity contribution in [3.8, 4) is 78.9 Å². The number of hydrogen-bond donors (Lipinski definition) is 0. The Labute approximate surface area is 256 Å². The van der Waals surface area contributed by atoms with Crippen LogP contribution in [-0.4, -0.2) is 0 Å². The van der Waals surface area contributed by atoms with E-state index < -0.39 is 0 Å². The first-order chi connectivity index (χ1) is 21.7. The zero-order valence-electron chi connectivity index (χ0n) is 23.8. The van der Waals surface area contributed by atoms with Gasteiger partial charge in [0, 0.05) is 0 Å². The highest BCUT2D eigenvalue weighted by atomic mass is 14.3. The third-order valence-electron chi connectivity index (χ3n) is 8.69. The lowest BCUT2D eigenvalue weighted by molar-refractivity contribution is 1.48. The molecule has 0 saturated heterocycles. The van der Waals surface area contributed by atoms with Crippen molar-refractivity contribution in [3.05, 3.63) is 157 Å². The van der Waals surface area contributed by atoms with E-state index in [9.17, 15) is 10.5 Å². The Hall–Kier alpha value is -6.22. The lowest BCUT2D eigenvalue weighted by Crippen LogP contribution is -1.90. The minimum Gasteiger partial charge on any atom is -0.192 e. The highest BCUT2D eigenvalue weighted by Crippen LogP contribution is 2.54. The second-order valence-electron chi connectivity index (χ2n) is 11.2. The fourth-order valence-corrected chi connectivity index (χ4v) is 6.62. The first-order valence-corrected chi connectivity index (χ1v) is 14.6. The van der Waals surface area contributed by atoms with Gasteiger partial charge in [0.15, 0.2) is 0 Å². The van der Waals surface area contributed by atoms with E-state index in [1.807, 2.05) is 48.5 Å². The predicted octanol–water partition coefficient (Wildman–Crippen LogP) is 10.9. The summed E-state index contributed by atoms with van der Waals surface area (Å²) >= 11 is 0. The second-order valence-corrected chi connectivity index (χ2v) is 11.2. The van der Waals surface area contributed by atoms with Crippen molar-refractivity contribution in [3.63, 3.8) is 0 Å². The molecule has 0 bridgehead atoms. The van der Waals surface area contributed by atoms with Gasteiger partial charge >= 0.3 is 0 Å². The lowest BCUT2D eigenvalue weighted by atomic mass is 9.87. The molecular weight excluding hydrogens is 532 g/mol. The molecule has 0 spiro atoms. The van der Waals surface area contributed by atoms with Crippen LogP contribution < -0.4 is 0 Å². The van der Waals surface area contributed by atoms with Gasteiger partial charge in [-0.15, -0.1) is 0 Å². The molecule has 0 radical (unpaired) electrons. The Bertz CT molecular complexity index is 2170. The van der Waals surface area contributed by atoms with Crippen molar-refractivity contribution in [2.24, 2.45) is 0 Å². The molecule has 0 unspecified atom stereocenters. The molecule has 202 valence electrons. The summed E-state index contributed by atoms with van der Waals surface area (Å²) in [4.78, 5) is 0. The third-order valence-corrected chi connectivity index (χ3v) is 8.69. The van der Waals surface area contributed by atoms with E-state index in [1.54, 1.807) is 0 Å². The number of rotatable bonds is 4. The van der Waals surface area contributed by atoms with Crippen LogP contribution >= 0.6 is 0 Å². The molecule has 0 aliphatic heterocycles. The largest absolute Gasteiger partial charge is 0.192 e. The number of fused-ring (bicyclic) bond motifs is 3. The van der Waals surface area contributed by atoms with Crippen LogP contribution in [0.5, 0.6) is 0 Å². The number of nitriles is 2. The minimum atomic E-state index is 0.662. The van der Waals surface area contributed by atoms with E-state index in [1.165, 1.54) is 44.2 Å². The minimum absolute atomic E-state index is 0.662. The van der Waals surface area contributed by atoms with E-state index in [4.69, 9.17) is 0 Å². The second kappa shape index (κ2) is 10.2. The Morgan fingerprint density at radius 3 is 1.18 bits per heavy atom. The van der Waals surface area contributed by atoms with Gasteiger partial charge in [0.25, 0.3) is 0 Å². The van der Waals surface area contributed by atoms with Crippen LogP contribution in [0.3, 0.4) is 0 Å². The van der Waals surface area contributed by atoms with Crippen LogP contribution in [0.4, 0.5) is 0 Å². The zero-order valence-corrected chi connectivity index (χ0v) is 23.8. The molecule has 1 aliphatic carbocycles. The average molecular weight is 557 g/mol. The first kappa shape index (κ1) is 25.5. The number of nitrogens with zero attached hydrogens (tertiary/aromatic N) is 2.